The molecule has 3 aromatic carbocycles. The summed E-state index contributed by atoms with van der Waals surface area (Å²) in [5, 5.41) is 7.88. The highest BCUT2D eigenvalue weighted by atomic mass is 35.5. The normalized spacial score (nSPS) is 11.7. The lowest BCUT2D eigenvalue weighted by Gasteiger charge is -2.20. The Hall–Kier alpha value is -3.57. The summed E-state index contributed by atoms with van der Waals surface area (Å²) in [6.07, 6.45) is 1.06. The van der Waals surface area contributed by atoms with Gasteiger partial charge in [0.05, 0.1) is 23.7 Å². The van der Waals surface area contributed by atoms with Crippen LogP contribution in [0.15, 0.2) is 83.4 Å². The van der Waals surface area contributed by atoms with E-state index in [1.54, 1.807) is 0 Å². The van der Waals surface area contributed by atoms with E-state index in [1.807, 2.05) is 92.7 Å². The van der Waals surface area contributed by atoms with Gasteiger partial charge < -0.3 is 14.6 Å². The van der Waals surface area contributed by atoms with Crippen LogP contribution in [0.2, 0.25) is 5.02 Å². The zero-order chi connectivity index (χ0) is 23.9. The van der Waals surface area contributed by atoms with Crippen molar-refractivity contribution in [3.05, 3.63) is 118 Å². The smallest absolute Gasteiger partial charge is 0.225 e. The maximum Gasteiger partial charge on any atom is 0.225 e. The third-order valence-electron chi connectivity index (χ3n) is 5.71. The van der Waals surface area contributed by atoms with Gasteiger partial charge in [0.15, 0.2) is 0 Å². The number of carbonyl (C=O) groups excluding carboxylic acids is 1. The minimum Gasteiger partial charge on any atom is -0.489 e. The number of aryl methyl sites for hydroxylation is 2. The summed E-state index contributed by atoms with van der Waals surface area (Å²) in [6, 6.07) is 24.8. The summed E-state index contributed by atoms with van der Waals surface area (Å²) in [6.45, 7) is 4.33. The molecule has 34 heavy (non-hydrogen) atoms. The molecule has 1 unspecified atom stereocenters. The Labute approximate surface area is 204 Å². The Morgan fingerprint density at radius 3 is 2.35 bits per heavy atom. The second-order valence-electron chi connectivity index (χ2n) is 8.09. The molecule has 0 aliphatic rings. The van der Waals surface area contributed by atoms with E-state index >= 15 is 0 Å². The Balaban J connectivity index is 1.40. The lowest BCUT2D eigenvalue weighted by atomic mass is 9.98. The van der Waals surface area contributed by atoms with E-state index in [1.165, 1.54) is 0 Å². The van der Waals surface area contributed by atoms with Gasteiger partial charge >= 0.3 is 0 Å². The molecule has 1 aromatic heterocycles. The van der Waals surface area contributed by atoms with Crippen molar-refractivity contribution in [3.63, 3.8) is 0 Å². The SMILES string of the molecule is CCc1noc(C)c1COc1ccc(CC(=O)NC(c2ccccc2)c2ccc(Cl)cc2)cc1. The topological polar surface area (TPSA) is 64.4 Å². The first-order valence-corrected chi connectivity index (χ1v) is 11.7. The molecule has 1 N–H and O–H groups in total. The predicted molar refractivity (Wildman–Crippen MR) is 133 cm³/mol. The molecule has 0 aliphatic heterocycles. The van der Waals surface area contributed by atoms with Gasteiger partial charge in [0, 0.05) is 5.02 Å². The largest absolute Gasteiger partial charge is 0.489 e. The van der Waals surface area contributed by atoms with E-state index in [-0.39, 0.29) is 18.4 Å². The number of nitrogens with one attached hydrogen (secondary N) is 1. The van der Waals surface area contributed by atoms with Gasteiger partial charge in [-0.3, -0.25) is 4.79 Å². The number of amides is 1. The van der Waals surface area contributed by atoms with Crippen molar-refractivity contribution in [2.24, 2.45) is 0 Å². The van der Waals surface area contributed by atoms with Crippen LogP contribution in [0.1, 0.15) is 46.7 Å². The van der Waals surface area contributed by atoms with Gasteiger partial charge in [0.1, 0.15) is 18.1 Å². The van der Waals surface area contributed by atoms with E-state index in [0.717, 1.165) is 45.9 Å². The lowest BCUT2D eigenvalue weighted by Crippen LogP contribution is -2.30. The van der Waals surface area contributed by atoms with Crippen LogP contribution in [0.3, 0.4) is 0 Å². The minimum absolute atomic E-state index is 0.0647. The van der Waals surface area contributed by atoms with Crippen LogP contribution in [0.5, 0.6) is 5.75 Å². The highest BCUT2D eigenvalue weighted by molar-refractivity contribution is 6.30. The quantitative estimate of drug-likeness (QED) is 0.312. The van der Waals surface area contributed by atoms with Crippen molar-refractivity contribution < 1.29 is 14.1 Å². The summed E-state index contributed by atoms with van der Waals surface area (Å²) in [5.41, 5.74) is 4.79. The molecule has 174 valence electrons. The standard InChI is InChI=1S/C28H27ClN2O3/c1-3-26-25(19(2)34-31-26)18-33-24-15-9-20(10-16-24)17-27(32)30-28(21-7-5-4-6-8-21)22-11-13-23(29)14-12-22/h4-16,28H,3,17-18H2,1-2H3,(H,30,32). The number of benzene rings is 3. The molecule has 0 fully saturated rings. The van der Waals surface area contributed by atoms with Crippen LogP contribution in [0.25, 0.3) is 0 Å². The molecule has 4 rings (SSSR count). The number of ether oxygens (including phenoxy) is 1. The Morgan fingerprint density at radius 1 is 1.00 bits per heavy atom. The van der Waals surface area contributed by atoms with E-state index < -0.39 is 0 Å². The van der Waals surface area contributed by atoms with Crippen LogP contribution in [-0.4, -0.2) is 11.1 Å². The molecule has 0 radical (unpaired) electrons. The number of halogens is 1. The second kappa shape index (κ2) is 11.0. The average Bonchev–Trinajstić information content (AvgIpc) is 3.22. The van der Waals surface area contributed by atoms with Crippen LogP contribution in [0, 0.1) is 6.92 Å². The Kier molecular flexibility index (Phi) is 7.65. The molecule has 0 aliphatic carbocycles. The molecule has 0 spiro atoms. The number of hydrogen-bond donors (Lipinski definition) is 1. The first-order chi connectivity index (χ1) is 16.5. The van der Waals surface area contributed by atoms with E-state index in [4.69, 9.17) is 20.9 Å². The summed E-state index contributed by atoms with van der Waals surface area (Å²) in [5.74, 6) is 1.44. The van der Waals surface area contributed by atoms with Gasteiger partial charge in [-0.1, -0.05) is 78.3 Å². The van der Waals surface area contributed by atoms with Gasteiger partial charge in [-0.15, -0.1) is 0 Å². The van der Waals surface area contributed by atoms with Gasteiger partial charge in [0.2, 0.25) is 5.91 Å². The number of hydrogen-bond acceptors (Lipinski definition) is 4. The van der Waals surface area contributed by atoms with Crippen LogP contribution in [-0.2, 0) is 24.2 Å². The lowest BCUT2D eigenvalue weighted by molar-refractivity contribution is -0.120. The summed E-state index contributed by atoms with van der Waals surface area (Å²) in [4.78, 5) is 12.9. The summed E-state index contributed by atoms with van der Waals surface area (Å²) >= 11 is 6.06. The summed E-state index contributed by atoms with van der Waals surface area (Å²) in [7, 11) is 0. The fourth-order valence-electron chi connectivity index (χ4n) is 3.82. The minimum atomic E-state index is -0.256. The average molecular weight is 475 g/mol. The van der Waals surface area contributed by atoms with Gasteiger partial charge in [-0.05, 0) is 54.3 Å². The maximum absolute atomic E-state index is 12.9. The predicted octanol–water partition coefficient (Wildman–Crippen LogP) is 6.23. The molecule has 6 heteroatoms. The maximum atomic E-state index is 12.9. The molecule has 1 atom stereocenters. The first kappa shape index (κ1) is 23.6. The first-order valence-electron chi connectivity index (χ1n) is 11.3. The molecule has 4 aromatic rings. The number of nitrogens with zero attached hydrogens (tertiary/aromatic N) is 1. The van der Waals surface area contributed by atoms with Gasteiger partial charge in [-0.25, -0.2) is 0 Å². The van der Waals surface area contributed by atoms with E-state index in [0.29, 0.717) is 11.6 Å². The van der Waals surface area contributed by atoms with Crippen molar-refractivity contribution in [2.45, 2.75) is 39.3 Å². The fourth-order valence-corrected chi connectivity index (χ4v) is 3.94. The van der Waals surface area contributed by atoms with E-state index in [2.05, 4.69) is 10.5 Å². The molecule has 0 bridgehead atoms. The van der Waals surface area contributed by atoms with Crippen molar-refractivity contribution in [1.29, 1.82) is 0 Å². The summed E-state index contributed by atoms with van der Waals surface area (Å²) < 4.78 is 11.2. The molecule has 0 saturated carbocycles. The third-order valence-corrected chi connectivity index (χ3v) is 5.97. The molecule has 5 nitrogen and oxygen atoms in total. The second-order valence-corrected chi connectivity index (χ2v) is 8.53. The molecule has 1 amide bonds. The number of rotatable bonds is 9. The van der Waals surface area contributed by atoms with Crippen molar-refractivity contribution in [1.82, 2.24) is 10.5 Å². The van der Waals surface area contributed by atoms with Crippen molar-refractivity contribution in [3.8, 4) is 5.75 Å². The van der Waals surface area contributed by atoms with Crippen LogP contribution >= 0.6 is 11.6 Å². The Bertz CT molecular complexity index is 1220. The van der Waals surface area contributed by atoms with Crippen LogP contribution < -0.4 is 10.1 Å². The van der Waals surface area contributed by atoms with Gasteiger partial charge in [0.25, 0.3) is 0 Å². The monoisotopic (exact) mass is 474 g/mol. The van der Waals surface area contributed by atoms with Crippen LogP contribution in [0.4, 0.5) is 0 Å². The molecular weight excluding hydrogens is 448 g/mol. The van der Waals surface area contributed by atoms with Crippen molar-refractivity contribution in [2.75, 3.05) is 0 Å². The van der Waals surface area contributed by atoms with Crippen molar-refractivity contribution >= 4 is 17.5 Å². The molecular formula is C28H27ClN2O3. The number of carbonyl (C=O) groups is 1. The fraction of sp³-hybridized carbons (Fsp3) is 0.214. The third kappa shape index (κ3) is 5.86. The molecule has 1 heterocycles. The Morgan fingerprint density at radius 2 is 1.68 bits per heavy atom. The van der Waals surface area contributed by atoms with E-state index in [9.17, 15) is 4.79 Å². The highest BCUT2D eigenvalue weighted by Gasteiger charge is 2.17. The number of aromatic nitrogens is 1. The molecule has 0 saturated heterocycles. The zero-order valence-corrected chi connectivity index (χ0v) is 20.0. The highest BCUT2D eigenvalue weighted by Crippen LogP contribution is 2.24. The zero-order valence-electron chi connectivity index (χ0n) is 19.3. The van der Waals surface area contributed by atoms with Gasteiger partial charge in [-0.2, -0.15) is 0 Å².